The minimum absolute atomic E-state index is 0.0913. The summed E-state index contributed by atoms with van der Waals surface area (Å²) in [6.07, 6.45) is 9.00. The van der Waals surface area contributed by atoms with E-state index in [1.165, 1.54) is 16.2 Å². The Morgan fingerprint density at radius 1 is 1.05 bits per heavy atom. The maximum absolute atomic E-state index is 12.8. The van der Waals surface area contributed by atoms with E-state index in [0.29, 0.717) is 12.5 Å². The maximum Gasteiger partial charge on any atom is 0.263 e. The molecular weight excluding hydrogens is 516 g/mol. The average molecular weight is 549 g/mol. The lowest BCUT2D eigenvalue weighted by molar-refractivity contribution is 0.0956. The van der Waals surface area contributed by atoms with Gasteiger partial charge in [-0.05, 0) is 67.7 Å². The molecule has 0 radical (unpaired) electrons. The molecule has 2 aromatic carbocycles. The van der Waals surface area contributed by atoms with Crippen LogP contribution >= 0.6 is 0 Å². The number of hydrogen-bond acceptors (Lipinski definition) is 7. The van der Waals surface area contributed by atoms with Crippen LogP contribution in [-0.2, 0) is 20.1 Å². The largest absolute Gasteiger partial charge is 0.348 e. The van der Waals surface area contributed by atoms with E-state index < -0.39 is 5.91 Å². The number of aromatic nitrogens is 5. The van der Waals surface area contributed by atoms with Crippen molar-refractivity contribution in [2.75, 3.05) is 26.0 Å². The number of benzene rings is 2. The van der Waals surface area contributed by atoms with Gasteiger partial charge in [-0.25, -0.2) is 9.97 Å². The number of pyridine rings is 1. The fraction of sp³-hybridized carbons (Fsp3) is 0.194. The van der Waals surface area contributed by atoms with Gasteiger partial charge in [0.1, 0.15) is 5.56 Å². The fourth-order valence-electron chi connectivity index (χ4n) is 4.40. The van der Waals surface area contributed by atoms with Crippen molar-refractivity contribution in [3.8, 4) is 0 Å². The Hall–Kier alpha value is -5.09. The Kier molecular flexibility index (Phi) is 8.31. The highest BCUT2D eigenvalue weighted by Gasteiger charge is 2.12. The van der Waals surface area contributed by atoms with Gasteiger partial charge in [-0.1, -0.05) is 30.4 Å². The first-order chi connectivity index (χ1) is 19.8. The van der Waals surface area contributed by atoms with Crippen molar-refractivity contribution in [3.63, 3.8) is 0 Å². The van der Waals surface area contributed by atoms with Crippen LogP contribution in [0.1, 0.15) is 27.2 Å². The van der Waals surface area contributed by atoms with Crippen molar-refractivity contribution in [1.29, 1.82) is 0 Å². The van der Waals surface area contributed by atoms with Gasteiger partial charge in [0.15, 0.2) is 0 Å². The minimum Gasteiger partial charge on any atom is -0.348 e. The number of aryl methyl sites for hydroxylation is 1. The Balaban J connectivity index is 1.17. The van der Waals surface area contributed by atoms with Gasteiger partial charge in [-0.3, -0.25) is 14.3 Å². The summed E-state index contributed by atoms with van der Waals surface area (Å²) in [4.78, 5) is 36.7. The molecule has 3 aromatic heterocycles. The van der Waals surface area contributed by atoms with Gasteiger partial charge in [0.25, 0.3) is 11.5 Å². The van der Waals surface area contributed by atoms with Crippen LogP contribution in [0.15, 0.2) is 90.1 Å². The quantitative estimate of drug-likeness (QED) is 0.273. The van der Waals surface area contributed by atoms with E-state index in [-0.39, 0.29) is 17.7 Å². The van der Waals surface area contributed by atoms with Crippen molar-refractivity contribution in [3.05, 3.63) is 118 Å². The minimum atomic E-state index is -0.422. The first-order valence-electron chi connectivity index (χ1n) is 13.2. The first-order valence-corrected chi connectivity index (χ1v) is 13.2. The molecule has 0 bridgehead atoms. The van der Waals surface area contributed by atoms with Crippen LogP contribution in [0.3, 0.4) is 0 Å². The molecule has 0 aliphatic heterocycles. The molecule has 0 fully saturated rings. The highest BCUT2D eigenvalue weighted by atomic mass is 16.2. The maximum atomic E-state index is 12.8. The first kappa shape index (κ1) is 27.5. The fourth-order valence-corrected chi connectivity index (χ4v) is 4.40. The SMILES string of the molecule is CN(C)Cc1ccc(Nc2ncc3cc(/C=C/CNC(=O)c4cccn(Cc5ccn(C)n5)c4=O)ccc3n2)cc1. The Labute approximate surface area is 238 Å². The van der Waals surface area contributed by atoms with Gasteiger partial charge >= 0.3 is 0 Å². The van der Waals surface area contributed by atoms with E-state index in [9.17, 15) is 9.59 Å². The molecule has 0 spiro atoms. The zero-order valence-electron chi connectivity index (χ0n) is 23.3. The second-order valence-corrected chi connectivity index (χ2v) is 10.0. The molecule has 2 N–H and O–H groups in total. The molecule has 0 unspecified atom stereocenters. The molecule has 41 heavy (non-hydrogen) atoms. The number of rotatable bonds is 10. The zero-order chi connectivity index (χ0) is 28.8. The summed E-state index contributed by atoms with van der Waals surface area (Å²) in [5.74, 6) is 0.109. The van der Waals surface area contributed by atoms with E-state index in [1.807, 2.05) is 75.9 Å². The highest BCUT2D eigenvalue weighted by Crippen LogP contribution is 2.19. The van der Waals surface area contributed by atoms with Gasteiger partial charge in [-0.15, -0.1) is 0 Å². The van der Waals surface area contributed by atoms with E-state index in [1.54, 1.807) is 23.1 Å². The van der Waals surface area contributed by atoms with Gasteiger partial charge in [0.05, 0.1) is 17.8 Å². The second kappa shape index (κ2) is 12.4. The Bertz CT molecular complexity index is 1750. The van der Waals surface area contributed by atoms with Crippen molar-refractivity contribution in [2.24, 2.45) is 7.05 Å². The van der Waals surface area contributed by atoms with Crippen molar-refractivity contribution < 1.29 is 4.79 Å². The van der Waals surface area contributed by atoms with E-state index >= 15 is 0 Å². The number of nitrogens with one attached hydrogen (secondary N) is 2. The van der Waals surface area contributed by atoms with E-state index in [2.05, 4.69) is 42.7 Å². The van der Waals surface area contributed by atoms with E-state index in [0.717, 1.165) is 34.4 Å². The van der Waals surface area contributed by atoms with Crippen LogP contribution in [0.4, 0.5) is 11.6 Å². The Morgan fingerprint density at radius 3 is 2.63 bits per heavy atom. The van der Waals surface area contributed by atoms with Crippen molar-refractivity contribution in [2.45, 2.75) is 13.1 Å². The summed E-state index contributed by atoms with van der Waals surface area (Å²) >= 11 is 0. The highest BCUT2D eigenvalue weighted by molar-refractivity contribution is 5.94. The Morgan fingerprint density at radius 2 is 1.88 bits per heavy atom. The van der Waals surface area contributed by atoms with Crippen LogP contribution < -0.4 is 16.2 Å². The zero-order valence-corrected chi connectivity index (χ0v) is 23.3. The molecule has 5 rings (SSSR count). The standard InChI is InChI=1S/C31H32N8O2/c1-37(2)20-23-8-11-25(12-9-23)34-31-33-19-24-18-22(10-13-28(24)35-31)6-4-15-32-29(40)27-7-5-16-39(30(27)41)21-26-14-17-38(3)36-26/h4-14,16-19H,15,20-21H2,1-3H3,(H,32,40)(H,33,34,35)/b6-4+. The van der Waals surface area contributed by atoms with Gasteiger partial charge in [0, 0.05) is 49.8 Å². The summed E-state index contributed by atoms with van der Waals surface area (Å²) in [5.41, 5.74) is 4.41. The van der Waals surface area contributed by atoms with Crippen LogP contribution in [0.5, 0.6) is 0 Å². The number of carbonyl (C=O) groups is 1. The third kappa shape index (κ3) is 7.11. The predicted molar refractivity (Wildman–Crippen MR) is 161 cm³/mol. The third-order valence-corrected chi connectivity index (χ3v) is 6.37. The molecule has 208 valence electrons. The van der Waals surface area contributed by atoms with Crippen LogP contribution in [0, 0.1) is 0 Å². The summed E-state index contributed by atoms with van der Waals surface area (Å²) < 4.78 is 3.15. The molecule has 0 atom stereocenters. The van der Waals surface area contributed by atoms with Gasteiger partial charge < -0.3 is 20.1 Å². The lowest BCUT2D eigenvalue weighted by atomic mass is 10.1. The number of fused-ring (bicyclic) bond motifs is 1. The predicted octanol–water partition coefficient (Wildman–Crippen LogP) is 3.82. The molecule has 1 amide bonds. The molecule has 5 aromatic rings. The smallest absolute Gasteiger partial charge is 0.263 e. The number of amides is 1. The van der Waals surface area contributed by atoms with Crippen LogP contribution in [-0.4, -0.2) is 55.8 Å². The van der Waals surface area contributed by atoms with Gasteiger partial charge in [0.2, 0.25) is 5.95 Å². The third-order valence-electron chi connectivity index (χ3n) is 6.37. The van der Waals surface area contributed by atoms with Crippen molar-refractivity contribution in [1.82, 2.24) is 34.5 Å². The topological polar surface area (TPSA) is 110 Å². The molecule has 0 saturated heterocycles. The van der Waals surface area contributed by atoms with Crippen LogP contribution in [0.25, 0.3) is 17.0 Å². The molecule has 0 saturated carbocycles. The molecule has 0 aliphatic carbocycles. The molecule has 3 heterocycles. The summed E-state index contributed by atoms with van der Waals surface area (Å²) in [6.45, 7) is 1.46. The molecule has 0 aliphatic rings. The number of hydrogen-bond donors (Lipinski definition) is 2. The summed E-state index contributed by atoms with van der Waals surface area (Å²) in [6, 6.07) is 19.2. The van der Waals surface area contributed by atoms with E-state index in [4.69, 9.17) is 0 Å². The average Bonchev–Trinajstić information content (AvgIpc) is 3.37. The summed E-state index contributed by atoms with van der Waals surface area (Å²) in [5, 5.41) is 11.3. The molecule has 10 nitrogen and oxygen atoms in total. The lowest BCUT2D eigenvalue weighted by Crippen LogP contribution is -2.33. The number of carbonyl (C=O) groups excluding carboxylic acids is 1. The normalized spacial score (nSPS) is 11.4. The second-order valence-electron chi connectivity index (χ2n) is 10.0. The molecular formula is C31H32N8O2. The monoisotopic (exact) mass is 548 g/mol. The summed E-state index contributed by atoms with van der Waals surface area (Å²) in [7, 11) is 5.91. The lowest BCUT2D eigenvalue weighted by Gasteiger charge is -2.11. The number of anilines is 2. The van der Waals surface area contributed by atoms with Crippen LogP contribution in [0.2, 0.25) is 0 Å². The number of nitrogens with zero attached hydrogens (tertiary/aromatic N) is 6. The van der Waals surface area contributed by atoms with Gasteiger partial charge in [-0.2, -0.15) is 5.10 Å². The molecule has 10 heteroatoms. The van der Waals surface area contributed by atoms with Crippen molar-refractivity contribution >= 4 is 34.5 Å².